The molecular weight excluding hydrogens is 498 g/mol. The Kier molecular flexibility index (Phi) is 6.54. The van der Waals surface area contributed by atoms with Gasteiger partial charge in [0.15, 0.2) is 5.65 Å². The van der Waals surface area contributed by atoms with Crippen molar-refractivity contribution in [3.63, 3.8) is 0 Å². The third-order valence-electron chi connectivity index (χ3n) is 6.99. The molecule has 190 valence electrons. The Morgan fingerprint density at radius 3 is 3.08 bits per heavy atom. The molecule has 2 atom stereocenters. The zero-order valence-corrected chi connectivity index (χ0v) is 21.6. The van der Waals surface area contributed by atoms with Gasteiger partial charge in [0.1, 0.15) is 5.69 Å². The summed E-state index contributed by atoms with van der Waals surface area (Å²) in [7, 11) is 0. The number of benzene rings is 1. The van der Waals surface area contributed by atoms with Gasteiger partial charge in [-0.15, -0.1) is 11.6 Å². The summed E-state index contributed by atoms with van der Waals surface area (Å²) in [5.41, 5.74) is 6.88. The van der Waals surface area contributed by atoms with E-state index < -0.39 is 0 Å². The van der Waals surface area contributed by atoms with Gasteiger partial charge < -0.3 is 5.32 Å². The van der Waals surface area contributed by atoms with E-state index in [4.69, 9.17) is 11.6 Å². The number of amides is 1. The number of aryl methyl sites for hydroxylation is 1. The number of halogens is 1. The Morgan fingerprint density at radius 2 is 2.18 bits per heavy atom. The Hall–Kier alpha value is -4.19. The van der Waals surface area contributed by atoms with Crippen molar-refractivity contribution in [1.29, 1.82) is 0 Å². The van der Waals surface area contributed by atoms with Crippen molar-refractivity contribution in [3.05, 3.63) is 106 Å². The lowest BCUT2D eigenvalue weighted by Crippen LogP contribution is -2.37. The average molecular weight is 524 g/mol. The number of hydrogen-bond donors (Lipinski definition) is 2. The van der Waals surface area contributed by atoms with Gasteiger partial charge in [0, 0.05) is 48.6 Å². The summed E-state index contributed by atoms with van der Waals surface area (Å²) in [5.74, 6) is 6.26. The van der Waals surface area contributed by atoms with Crippen LogP contribution in [0.4, 0.5) is 0 Å². The van der Waals surface area contributed by atoms with Crippen molar-refractivity contribution in [2.75, 3.05) is 13.1 Å². The standard InChI is InChI=1S/C29H26ClN7O/c1-19-4-5-21(13-20(19)7-9-25-16-31-28-3-2-11-33-37(25)28)29(38)34-24-8-6-23(26(30)14-24)17-36-12-10-22-15-32-35-27(22)18-36/h2-6,8,11,13-16,23,26H,10,12,17-18H2,1H3,(H,32,35)(H,34,38). The summed E-state index contributed by atoms with van der Waals surface area (Å²) >= 11 is 6.73. The maximum atomic E-state index is 13.1. The van der Waals surface area contributed by atoms with Crippen molar-refractivity contribution in [3.8, 4) is 11.8 Å². The first-order valence-corrected chi connectivity index (χ1v) is 13.0. The van der Waals surface area contributed by atoms with Crippen molar-refractivity contribution in [2.24, 2.45) is 5.92 Å². The highest BCUT2D eigenvalue weighted by atomic mass is 35.5. The van der Waals surface area contributed by atoms with Gasteiger partial charge in [0.05, 0.1) is 23.5 Å². The minimum Gasteiger partial charge on any atom is -0.322 e. The number of carbonyl (C=O) groups excluding carboxylic acids is 1. The first-order valence-electron chi connectivity index (χ1n) is 12.5. The smallest absolute Gasteiger partial charge is 0.255 e. The number of carbonyl (C=O) groups is 1. The molecule has 2 aliphatic rings. The quantitative estimate of drug-likeness (QED) is 0.315. The minimum absolute atomic E-state index is 0.164. The number of alkyl halides is 1. The van der Waals surface area contributed by atoms with E-state index in [2.05, 4.69) is 48.4 Å². The first-order chi connectivity index (χ1) is 18.5. The van der Waals surface area contributed by atoms with Crippen LogP contribution in [0.2, 0.25) is 0 Å². The zero-order chi connectivity index (χ0) is 26.1. The molecule has 6 rings (SSSR count). The van der Waals surface area contributed by atoms with E-state index in [9.17, 15) is 4.79 Å². The molecule has 0 spiro atoms. The fourth-order valence-electron chi connectivity index (χ4n) is 4.80. The Labute approximate surface area is 225 Å². The van der Waals surface area contributed by atoms with Crippen molar-refractivity contribution < 1.29 is 4.79 Å². The molecule has 9 heteroatoms. The number of rotatable bonds is 4. The van der Waals surface area contributed by atoms with Gasteiger partial charge >= 0.3 is 0 Å². The van der Waals surface area contributed by atoms with Gasteiger partial charge in [-0.1, -0.05) is 18.1 Å². The monoisotopic (exact) mass is 523 g/mol. The number of aromatic nitrogens is 5. The molecule has 1 aliphatic carbocycles. The van der Waals surface area contributed by atoms with E-state index in [1.807, 2.05) is 49.5 Å². The lowest BCUT2D eigenvalue weighted by Gasteiger charge is -2.31. The van der Waals surface area contributed by atoms with Crippen LogP contribution in [0.25, 0.3) is 5.65 Å². The van der Waals surface area contributed by atoms with Crippen molar-refractivity contribution in [1.82, 2.24) is 35.0 Å². The van der Waals surface area contributed by atoms with E-state index in [1.165, 1.54) is 11.3 Å². The molecule has 1 aliphatic heterocycles. The number of nitrogens with one attached hydrogen (secondary N) is 2. The average Bonchev–Trinajstić information content (AvgIpc) is 3.56. The number of fused-ring (bicyclic) bond motifs is 2. The molecule has 0 radical (unpaired) electrons. The first kappa shape index (κ1) is 24.2. The van der Waals surface area contributed by atoms with Crippen molar-refractivity contribution in [2.45, 2.75) is 25.3 Å². The minimum atomic E-state index is -0.211. The predicted molar refractivity (Wildman–Crippen MR) is 146 cm³/mol. The van der Waals surface area contributed by atoms with E-state index >= 15 is 0 Å². The molecule has 38 heavy (non-hydrogen) atoms. The predicted octanol–water partition coefficient (Wildman–Crippen LogP) is 3.63. The normalized spacial score (nSPS) is 18.9. The van der Waals surface area contributed by atoms with Crippen LogP contribution in [0.3, 0.4) is 0 Å². The number of aromatic amines is 1. The van der Waals surface area contributed by atoms with Gasteiger partial charge in [-0.3, -0.25) is 14.8 Å². The van der Waals surface area contributed by atoms with E-state index in [0.717, 1.165) is 42.8 Å². The molecule has 1 amide bonds. The van der Waals surface area contributed by atoms with Gasteiger partial charge in [0.25, 0.3) is 5.91 Å². The van der Waals surface area contributed by atoms with Gasteiger partial charge in [-0.05, 0) is 66.8 Å². The number of H-pyrrole nitrogens is 1. The van der Waals surface area contributed by atoms with Gasteiger partial charge in [0.2, 0.25) is 0 Å². The summed E-state index contributed by atoms with van der Waals surface area (Å²) in [5, 5.41) is 14.3. The van der Waals surface area contributed by atoms with Crippen LogP contribution >= 0.6 is 11.6 Å². The summed E-state index contributed by atoms with van der Waals surface area (Å²) in [6.07, 6.45) is 12.2. The van der Waals surface area contributed by atoms with Crippen LogP contribution in [-0.4, -0.2) is 54.1 Å². The van der Waals surface area contributed by atoms with E-state index in [-0.39, 0.29) is 17.2 Å². The van der Waals surface area contributed by atoms with Gasteiger partial charge in [-0.2, -0.15) is 10.2 Å². The van der Waals surface area contributed by atoms with E-state index in [1.54, 1.807) is 23.0 Å². The summed E-state index contributed by atoms with van der Waals surface area (Å²) < 4.78 is 1.69. The highest BCUT2D eigenvalue weighted by Gasteiger charge is 2.25. The molecule has 2 unspecified atom stereocenters. The summed E-state index contributed by atoms with van der Waals surface area (Å²) in [6, 6.07) is 9.22. The molecule has 4 heterocycles. The second kappa shape index (κ2) is 10.3. The second-order valence-electron chi connectivity index (χ2n) is 9.62. The largest absolute Gasteiger partial charge is 0.322 e. The second-order valence-corrected chi connectivity index (χ2v) is 10.1. The fraction of sp³-hybridized carbons (Fsp3) is 0.241. The molecular formula is C29H26ClN7O. The lowest BCUT2D eigenvalue weighted by molar-refractivity contribution is 0.0966. The molecule has 4 aromatic rings. The zero-order valence-electron chi connectivity index (χ0n) is 20.9. The Bertz CT molecular complexity index is 1640. The Morgan fingerprint density at radius 1 is 1.26 bits per heavy atom. The molecule has 2 N–H and O–H groups in total. The number of allylic oxidation sites excluding steroid dienone is 2. The fourth-order valence-corrected chi connectivity index (χ4v) is 5.10. The maximum Gasteiger partial charge on any atom is 0.255 e. The summed E-state index contributed by atoms with van der Waals surface area (Å²) in [4.78, 5) is 19.8. The van der Waals surface area contributed by atoms with Crippen LogP contribution in [0.5, 0.6) is 0 Å². The molecule has 0 bridgehead atoms. The topological polar surface area (TPSA) is 91.2 Å². The highest BCUT2D eigenvalue weighted by Crippen LogP contribution is 2.25. The lowest BCUT2D eigenvalue weighted by atomic mass is 9.96. The maximum absolute atomic E-state index is 13.1. The third-order valence-corrected chi connectivity index (χ3v) is 7.44. The van der Waals surface area contributed by atoms with Crippen molar-refractivity contribution >= 4 is 23.2 Å². The van der Waals surface area contributed by atoms with Crippen LogP contribution in [0.15, 0.2) is 72.8 Å². The molecule has 0 fully saturated rings. The molecule has 0 saturated heterocycles. The summed E-state index contributed by atoms with van der Waals surface area (Å²) in [6.45, 7) is 4.66. The highest BCUT2D eigenvalue weighted by molar-refractivity contribution is 6.22. The molecule has 0 saturated carbocycles. The van der Waals surface area contributed by atoms with Crippen LogP contribution < -0.4 is 5.32 Å². The van der Waals surface area contributed by atoms with Gasteiger partial charge in [-0.25, -0.2) is 9.50 Å². The molecule has 8 nitrogen and oxygen atoms in total. The molecule has 3 aromatic heterocycles. The van der Waals surface area contributed by atoms with Crippen LogP contribution in [-0.2, 0) is 13.0 Å². The van der Waals surface area contributed by atoms with Crippen LogP contribution in [0.1, 0.15) is 38.4 Å². The Balaban J connectivity index is 1.11. The van der Waals surface area contributed by atoms with Crippen LogP contribution in [0, 0.1) is 24.7 Å². The third kappa shape index (κ3) is 4.99. The van der Waals surface area contributed by atoms with E-state index in [0.29, 0.717) is 17.0 Å². The SMILES string of the molecule is Cc1ccc(C(=O)NC2=CC(Cl)C(CN3CCc4cn[nH]c4C3)C=C2)cc1C#Cc1cnc2cccnn12. The number of hydrogen-bond acceptors (Lipinski definition) is 5. The molecule has 1 aromatic carbocycles. The number of nitrogens with zero attached hydrogens (tertiary/aromatic N) is 5. The number of imidazole rings is 1.